The SMILES string of the molecule is CC[C@H](C)[C@H](NC(=O)OCC1c2ccccc2-c2ccccc21)C(=O)N(CC(=O)O)Cc1ccc(OC)cc1OC. The third-order valence-corrected chi connectivity index (χ3v) is 7.59. The quantitative estimate of drug-likeness (QED) is 0.318. The Morgan fingerprint density at radius 3 is 2.15 bits per heavy atom. The Hall–Kier alpha value is -4.53. The van der Waals surface area contributed by atoms with E-state index in [4.69, 9.17) is 14.2 Å². The van der Waals surface area contributed by atoms with Gasteiger partial charge in [-0.15, -0.1) is 0 Å². The zero-order valence-electron chi connectivity index (χ0n) is 23.8. The predicted octanol–water partition coefficient (Wildman–Crippen LogP) is 5.07. The molecule has 0 heterocycles. The summed E-state index contributed by atoms with van der Waals surface area (Å²) in [5, 5.41) is 12.3. The van der Waals surface area contributed by atoms with E-state index in [1.165, 1.54) is 19.1 Å². The van der Waals surface area contributed by atoms with Crippen molar-refractivity contribution in [2.24, 2.45) is 5.92 Å². The third-order valence-electron chi connectivity index (χ3n) is 7.59. The Labute approximate surface area is 240 Å². The smallest absolute Gasteiger partial charge is 0.407 e. The minimum absolute atomic E-state index is 0.0302. The lowest BCUT2D eigenvalue weighted by Gasteiger charge is -2.30. The van der Waals surface area contributed by atoms with Crippen LogP contribution in [0.1, 0.15) is 42.9 Å². The zero-order valence-corrected chi connectivity index (χ0v) is 23.8. The monoisotopic (exact) mass is 560 g/mol. The largest absolute Gasteiger partial charge is 0.497 e. The number of carbonyl (C=O) groups is 3. The second-order valence-electron chi connectivity index (χ2n) is 10.1. The molecule has 2 atom stereocenters. The van der Waals surface area contributed by atoms with Gasteiger partial charge in [-0.25, -0.2) is 4.79 Å². The number of nitrogens with one attached hydrogen (secondary N) is 1. The third kappa shape index (κ3) is 6.62. The van der Waals surface area contributed by atoms with Crippen LogP contribution in [-0.2, 0) is 20.9 Å². The maximum absolute atomic E-state index is 13.8. The number of aliphatic carboxylic acids is 1. The van der Waals surface area contributed by atoms with Gasteiger partial charge in [-0.05, 0) is 40.3 Å². The molecule has 0 aromatic heterocycles. The summed E-state index contributed by atoms with van der Waals surface area (Å²) in [7, 11) is 3.02. The Morgan fingerprint density at radius 1 is 0.951 bits per heavy atom. The van der Waals surface area contributed by atoms with Crippen LogP contribution in [0.3, 0.4) is 0 Å². The van der Waals surface area contributed by atoms with E-state index in [1.807, 2.05) is 50.2 Å². The van der Waals surface area contributed by atoms with Crippen LogP contribution in [-0.4, -0.2) is 61.4 Å². The highest BCUT2D eigenvalue weighted by molar-refractivity contribution is 5.88. The van der Waals surface area contributed by atoms with Gasteiger partial charge in [0.2, 0.25) is 5.91 Å². The lowest BCUT2D eigenvalue weighted by molar-refractivity contribution is -0.146. The molecule has 0 bridgehead atoms. The van der Waals surface area contributed by atoms with Gasteiger partial charge in [0.1, 0.15) is 30.7 Å². The molecule has 9 heteroatoms. The Balaban J connectivity index is 1.50. The van der Waals surface area contributed by atoms with Gasteiger partial charge in [-0.1, -0.05) is 68.8 Å². The van der Waals surface area contributed by atoms with Crippen molar-refractivity contribution in [3.05, 3.63) is 83.4 Å². The molecule has 2 N–H and O–H groups in total. The molecule has 2 amide bonds. The van der Waals surface area contributed by atoms with Crippen molar-refractivity contribution in [3.8, 4) is 22.6 Å². The van der Waals surface area contributed by atoms with E-state index in [1.54, 1.807) is 18.2 Å². The summed E-state index contributed by atoms with van der Waals surface area (Å²) in [6, 6.07) is 20.2. The minimum Gasteiger partial charge on any atom is -0.497 e. The molecule has 0 radical (unpaired) electrons. The molecule has 0 saturated heterocycles. The first-order chi connectivity index (χ1) is 19.8. The molecular formula is C32H36N2O7. The molecule has 3 aromatic rings. The van der Waals surface area contributed by atoms with Gasteiger partial charge < -0.3 is 29.5 Å². The number of rotatable bonds is 12. The van der Waals surface area contributed by atoms with Crippen molar-refractivity contribution in [2.75, 3.05) is 27.4 Å². The van der Waals surface area contributed by atoms with Gasteiger partial charge in [0, 0.05) is 17.5 Å². The van der Waals surface area contributed by atoms with Gasteiger partial charge in [0.05, 0.1) is 20.8 Å². The van der Waals surface area contributed by atoms with E-state index < -0.39 is 30.6 Å². The average molecular weight is 561 g/mol. The number of benzene rings is 3. The number of hydrogen-bond donors (Lipinski definition) is 2. The number of carbonyl (C=O) groups excluding carboxylic acids is 2. The summed E-state index contributed by atoms with van der Waals surface area (Å²) >= 11 is 0. The van der Waals surface area contributed by atoms with Crippen LogP contribution in [0, 0.1) is 5.92 Å². The first kappa shape index (κ1) is 29.5. The van der Waals surface area contributed by atoms with Crippen molar-refractivity contribution >= 4 is 18.0 Å². The Morgan fingerprint density at radius 2 is 1.59 bits per heavy atom. The number of fused-ring (bicyclic) bond motifs is 3. The van der Waals surface area contributed by atoms with Crippen molar-refractivity contribution in [1.82, 2.24) is 10.2 Å². The van der Waals surface area contributed by atoms with Crippen molar-refractivity contribution in [3.63, 3.8) is 0 Å². The lowest BCUT2D eigenvalue weighted by atomic mass is 9.97. The first-order valence-electron chi connectivity index (χ1n) is 13.6. The fourth-order valence-corrected chi connectivity index (χ4v) is 5.21. The molecule has 0 spiro atoms. The zero-order chi connectivity index (χ0) is 29.5. The summed E-state index contributed by atoms with van der Waals surface area (Å²) in [6.45, 7) is 3.26. The number of carboxylic acid groups (broad SMARTS) is 1. The molecule has 4 rings (SSSR count). The number of ether oxygens (including phenoxy) is 3. The molecule has 0 fully saturated rings. The van der Waals surface area contributed by atoms with Crippen LogP contribution in [0.2, 0.25) is 0 Å². The fraction of sp³-hybridized carbons (Fsp3) is 0.344. The second kappa shape index (κ2) is 13.2. The van der Waals surface area contributed by atoms with Crippen LogP contribution >= 0.6 is 0 Å². The summed E-state index contributed by atoms with van der Waals surface area (Å²) < 4.78 is 16.4. The number of methoxy groups -OCH3 is 2. The summed E-state index contributed by atoms with van der Waals surface area (Å²) in [6.07, 6.45) is -0.157. The van der Waals surface area contributed by atoms with Gasteiger partial charge in [0.15, 0.2) is 0 Å². The lowest BCUT2D eigenvalue weighted by Crippen LogP contribution is -2.52. The number of alkyl carbamates (subject to hydrolysis) is 1. The van der Waals surface area contributed by atoms with Crippen LogP contribution in [0.4, 0.5) is 4.79 Å². The minimum atomic E-state index is -1.17. The Bertz CT molecular complexity index is 1360. The van der Waals surface area contributed by atoms with Crippen LogP contribution in [0.25, 0.3) is 11.1 Å². The molecule has 216 valence electrons. The van der Waals surface area contributed by atoms with Gasteiger partial charge in [-0.2, -0.15) is 0 Å². The van der Waals surface area contributed by atoms with Crippen LogP contribution in [0.15, 0.2) is 66.7 Å². The molecular weight excluding hydrogens is 524 g/mol. The van der Waals surface area contributed by atoms with E-state index in [0.29, 0.717) is 23.5 Å². The Kier molecular flexibility index (Phi) is 9.49. The standard InChI is InChI=1S/C32H36N2O7/c1-5-20(2)30(31(37)34(18-29(35)36)17-21-14-15-22(39-3)16-28(21)40-4)33-32(38)41-19-27-25-12-8-6-10-23(25)24-11-7-9-13-26(24)27/h6-16,20,27,30H,5,17-19H2,1-4H3,(H,33,38)(H,35,36)/t20-,30-/m0/s1. The molecule has 0 aliphatic heterocycles. The summed E-state index contributed by atoms with van der Waals surface area (Å²) in [4.78, 5) is 39.8. The highest BCUT2D eigenvalue weighted by Gasteiger charge is 2.33. The number of hydrogen-bond acceptors (Lipinski definition) is 6. The number of carboxylic acids is 1. The molecule has 1 aliphatic rings. The summed E-state index contributed by atoms with van der Waals surface area (Å²) in [5.74, 6) is -1.08. The molecule has 41 heavy (non-hydrogen) atoms. The van der Waals surface area contributed by atoms with Gasteiger partial charge >= 0.3 is 12.1 Å². The first-order valence-corrected chi connectivity index (χ1v) is 13.6. The van der Waals surface area contributed by atoms with Gasteiger partial charge in [0.25, 0.3) is 0 Å². The highest BCUT2D eigenvalue weighted by Crippen LogP contribution is 2.44. The maximum atomic E-state index is 13.8. The van der Waals surface area contributed by atoms with Crippen molar-refractivity contribution < 1.29 is 33.7 Å². The predicted molar refractivity (Wildman–Crippen MR) is 154 cm³/mol. The van der Waals surface area contributed by atoms with E-state index in [9.17, 15) is 19.5 Å². The second-order valence-corrected chi connectivity index (χ2v) is 10.1. The molecule has 3 aromatic carbocycles. The average Bonchev–Trinajstić information content (AvgIpc) is 3.31. The number of nitrogens with zero attached hydrogens (tertiary/aromatic N) is 1. The van der Waals surface area contributed by atoms with Crippen LogP contribution in [0.5, 0.6) is 11.5 Å². The van der Waals surface area contributed by atoms with E-state index in [0.717, 1.165) is 22.3 Å². The molecule has 0 saturated carbocycles. The molecule has 9 nitrogen and oxygen atoms in total. The fourth-order valence-electron chi connectivity index (χ4n) is 5.21. The van der Waals surface area contributed by atoms with Gasteiger partial charge in [-0.3, -0.25) is 9.59 Å². The summed E-state index contributed by atoms with van der Waals surface area (Å²) in [5.41, 5.74) is 4.99. The van der Waals surface area contributed by atoms with Crippen LogP contribution < -0.4 is 14.8 Å². The normalized spacial score (nSPS) is 13.4. The number of amides is 2. The maximum Gasteiger partial charge on any atom is 0.407 e. The van der Waals surface area contributed by atoms with E-state index >= 15 is 0 Å². The highest BCUT2D eigenvalue weighted by atomic mass is 16.5. The molecule has 0 unspecified atom stereocenters. The van der Waals surface area contributed by atoms with Crippen molar-refractivity contribution in [2.45, 2.75) is 38.8 Å². The van der Waals surface area contributed by atoms with E-state index in [2.05, 4.69) is 17.4 Å². The molecule has 1 aliphatic carbocycles. The van der Waals surface area contributed by atoms with E-state index in [-0.39, 0.29) is 25.0 Å². The van der Waals surface area contributed by atoms with Crippen molar-refractivity contribution in [1.29, 1.82) is 0 Å². The topological polar surface area (TPSA) is 114 Å².